The molecule has 0 bridgehead atoms. The summed E-state index contributed by atoms with van der Waals surface area (Å²) in [5, 5.41) is 0. The summed E-state index contributed by atoms with van der Waals surface area (Å²) in [6, 6.07) is 0. The Bertz CT molecular complexity index is 1260. The molecule has 0 aromatic carbocycles. The van der Waals surface area contributed by atoms with Crippen LogP contribution in [0, 0.1) is 0 Å². The molecule has 6 heteroatoms. The van der Waals surface area contributed by atoms with E-state index in [9.17, 15) is 14.4 Å². The molecule has 0 N–H and O–H groups in total. The molecule has 0 saturated heterocycles. The molecule has 1 unspecified atom stereocenters. The molecular weight excluding hydrogens is 829 g/mol. The zero-order chi connectivity index (χ0) is 48.6. The highest BCUT2D eigenvalue weighted by Gasteiger charge is 2.19. The van der Waals surface area contributed by atoms with E-state index < -0.39 is 6.10 Å². The lowest BCUT2D eigenvalue weighted by Gasteiger charge is -2.18. The summed E-state index contributed by atoms with van der Waals surface area (Å²) in [6.07, 6.45) is 70.3. The number of esters is 3. The SMILES string of the molecule is CC/C=C\C/C=C\CCCCCCCCCC(=O)OCC(COC(=O)CCCCCCC\C=C/C=C\C=C/CCCCCCC)OC(=O)CCCCCCCCC/C=C\CCCCCCCC. The van der Waals surface area contributed by atoms with E-state index in [2.05, 4.69) is 93.7 Å². The summed E-state index contributed by atoms with van der Waals surface area (Å²) < 4.78 is 16.8. The molecule has 0 radical (unpaired) electrons. The Balaban J connectivity index is 4.43. The van der Waals surface area contributed by atoms with E-state index in [-0.39, 0.29) is 31.1 Å². The highest BCUT2D eigenvalue weighted by molar-refractivity contribution is 5.71. The second kappa shape index (κ2) is 55.4. The van der Waals surface area contributed by atoms with Crippen molar-refractivity contribution in [2.45, 2.75) is 284 Å². The number of carbonyl (C=O) groups is 3. The first-order valence-electron chi connectivity index (χ1n) is 28.5. The predicted molar refractivity (Wildman–Crippen MR) is 288 cm³/mol. The molecular formula is C61H106O6. The zero-order valence-electron chi connectivity index (χ0n) is 44.2. The first-order chi connectivity index (χ1) is 33.0. The van der Waals surface area contributed by atoms with Crippen LogP contribution in [0.4, 0.5) is 0 Å². The molecule has 6 nitrogen and oxygen atoms in total. The topological polar surface area (TPSA) is 78.9 Å². The average molecular weight is 936 g/mol. The standard InChI is InChI=1S/C61H106O6/c1-4-7-10-13-16-19-22-25-28-30-32-33-36-39-42-45-48-51-54-60(63)66-57-58(56-65-59(62)53-50-47-44-41-38-35-27-24-21-18-15-12-9-6-3)67-61(64)55-52-49-46-43-40-37-34-31-29-26-23-20-17-14-11-8-5-2/h9,12,18,21-22,25-26,28-30,32-33,58H,4-8,10-11,13-17,19-20,23-24,27,31,34-57H2,1-3H3/b12-9-,21-18-,25-22-,29-26-,30-28-,33-32-. The van der Waals surface area contributed by atoms with Gasteiger partial charge in [0.15, 0.2) is 6.10 Å². The monoisotopic (exact) mass is 935 g/mol. The van der Waals surface area contributed by atoms with Crippen LogP contribution in [0.2, 0.25) is 0 Å². The van der Waals surface area contributed by atoms with Crippen molar-refractivity contribution in [3.63, 3.8) is 0 Å². The van der Waals surface area contributed by atoms with Gasteiger partial charge in [0.05, 0.1) is 0 Å². The van der Waals surface area contributed by atoms with Crippen molar-refractivity contribution in [2.24, 2.45) is 0 Å². The van der Waals surface area contributed by atoms with Crippen molar-refractivity contribution in [1.29, 1.82) is 0 Å². The lowest BCUT2D eigenvalue weighted by Crippen LogP contribution is -2.30. The van der Waals surface area contributed by atoms with Gasteiger partial charge in [0.2, 0.25) is 0 Å². The van der Waals surface area contributed by atoms with Crippen LogP contribution in [-0.2, 0) is 28.6 Å². The maximum Gasteiger partial charge on any atom is 0.306 e. The van der Waals surface area contributed by atoms with Crippen molar-refractivity contribution in [2.75, 3.05) is 13.2 Å². The van der Waals surface area contributed by atoms with Gasteiger partial charge in [0.1, 0.15) is 13.2 Å². The molecule has 0 heterocycles. The van der Waals surface area contributed by atoms with Gasteiger partial charge in [0.25, 0.3) is 0 Å². The van der Waals surface area contributed by atoms with Crippen molar-refractivity contribution in [3.8, 4) is 0 Å². The van der Waals surface area contributed by atoms with Crippen molar-refractivity contribution in [3.05, 3.63) is 72.9 Å². The van der Waals surface area contributed by atoms with Crippen LogP contribution < -0.4 is 0 Å². The van der Waals surface area contributed by atoms with Crippen LogP contribution in [0.1, 0.15) is 278 Å². The van der Waals surface area contributed by atoms with E-state index in [0.29, 0.717) is 19.3 Å². The molecule has 67 heavy (non-hydrogen) atoms. The fraction of sp³-hybridized carbons (Fsp3) is 0.754. The molecule has 0 amide bonds. The first kappa shape index (κ1) is 63.8. The maximum absolute atomic E-state index is 12.9. The molecule has 386 valence electrons. The Morgan fingerprint density at radius 2 is 0.642 bits per heavy atom. The van der Waals surface area contributed by atoms with E-state index in [1.54, 1.807) is 0 Å². The minimum atomic E-state index is -0.790. The third-order valence-electron chi connectivity index (χ3n) is 12.2. The number of rotatable bonds is 51. The van der Waals surface area contributed by atoms with Gasteiger partial charge in [-0.3, -0.25) is 14.4 Å². The van der Waals surface area contributed by atoms with Gasteiger partial charge in [-0.15, -0.1) is 0 Å². The molecule has 0 aromatic rings. The summed E-state index contributed by atoms with van der Waals surface area (Å²) in [5.41, 5.74) is 0. The van der Waals surface area contributed by atoms with E-state index in [0.717, 1.165) is 96.3 Å². The second-order valence-corrected chi connectivity index (χ2v) is 18.9. The number of allylic oxidation sites excluding steroid dienone is 12. The third-order valence-corrected chi connectivity index (χ3v) is 12.2. The molecule has 0 fully saturated rings. The molecule has 0 aliphatic heterocycles. The summed E-state index contributed by atoms with van der Waals surface area (Å²) >= 11 is 0. The Morgan fingerprint density at radius 1 is 0.328 bits per heavy atom. The Labute approximate surface area is 414 Å². The highest BCUT2D eigenvalue weighted by atomic mass is 16.6. The van der Waals surface area contributed by atoms with Gasteiger partial charge in [-0.2, -0.15) is 0 Å². The number of unbranched alkanes of at least 4 members (excludes halogenated alkanes) is 30. The van der Waals surface area contributed by atoms with Gasteiger partial charge < -0.3 is 14.2 Å². The Morgan fingerprint density at radius 3 is 1.03 bits per heavy atom. The molecule has 0 aliphatic rings. The van der Waals surface area contributed by atoms with Crippen molar-refractivity contribution >= 4 is 17.9 Å². The van der Waals surface area contributed by atoms with Crippen molar-refractivity contribution < 1.29 is 28.6 Å². The van der Waals surface area contributed by atoms with Crippen LogP contribution in [0.5, 0.6) is 0 Å². The van der Waals surface area contributed by atoms with E-state index >= 15 is 0 Å². The summed E-state index contributed by atoms with van der Waals surface area (Å²) in [5.74, 6) is -0.913. The maximum atomic E-state index is 12.9. The predicted octanol–water partition coefficient (Wildman–Crippen LogP) is 19.0. The quantitative estimate of drug-likeness (QED) is 0.0199. The Hall–Kier alpha value is -3.15. The number of carbonyl (C=O) groups excluding carboxylic acids is 3. The van der Waals surface area contributed by atoms with E-state index in [1.807, 2.05) is 0 Å². The number of hydrogen-bond acceptors (Lipinski definition) is 6. The lowest BCUT2D eigenvalue weighted by molar-refractivity contribution is -0.167. The summed E-state index contributed by atoms with van der Waals surface area (Å²) in [7, 11) is 0. The van der Waals surface area contributed by atoms with E-state index in [1.165, 1.54) is 141 Å². The van der Waals surface area contributed by atoms with Crippen LogP contribution >= 0.6 is 0 Å². The van der Waals surface area contributed by atoms with Gasteiger partial charge in [-0.25, -0.2) is 0 Å². The highest BCUT2D eigenvalue weighted by Crippen LogP contribution is 2.15. The summed E-state index contributed by atoms with van der Waals surface area (Å²) in [4.78, 5) is 38.1. The minimum Gasteiger partial charge on any atom is -0.462 e. The molecule has 0 spiro atoms. The van der Waals surface area contributed by atoms with Gasteiger partial charge in [-0.05, 0) is 96.3 Å². The van der Waals surface area contributed by atoms with Crippen LogP contribution in [-0.4, -0.2) is 37.2 Å². The van der Waals surface area contributed by atoms with Crippen LogP contribution in [0.25, 0.3) is 0 Å². The fourth-order valence-electron chi connectivity index (χ4n) is 7.95. The molecule has 0 rings (SSSR count). The molecule has 0 saturated carbocycles. The van der Waals surface area contributed by atoms with Gasteiger partial charge >= 0.3 is 17.9 Å². The second-order valence-electron chi connectivity index (χ2n) is 18.9. The fourth-order valence-corrected chi connectivity index (χ4v) is 7.95. The number of hydrogen-bond donors (Lipinski definition) is 0. The summed E-state index contributed by atoms with van der Waals surface area (Å²) in [6.45, 7) is 6.50. The largest absolute Gasteiger partial charge is 0.462 e. The molecule has 1 atom stereocenters. The Kier molecular flexibility index (Phi) is 52.8. The van der Waals surface area contributed by atoms with E-state index in [4.69, 9.17) is 14.2 Å². The smallest absolute Gasteiger partial charge is 0.306 e. The van der Waals surface area contributed by atoms with Crippen LogP contribution in [0.15, 0.2) is 72.9 Å². The zero-order valence-corrected chi connectivity index (χ0v) is 44.2. The minimum absolute atomic E-state index is 0.0877. The number of ether oxygens (including phenoxy) is 3. The molecule has 0 aromatic heterocycles. The average Bonchev–Trinajstić information content (AvgIpc) is 3.33. The van der Waals surface area contributed by atoms with Gasteiger partial charge in [-0.1, -0.05) is 235 Å². The molecule has 0 aliphatic carbocycles. The van der Waals surface area contributed by atoms with Crippen molar-refractivity contribution in [1.82, 2.24) is 0 Å². The van der Waals surface area contributed by atoms with Gasteiger partial charge in [0, 0.05) is 19.3 Å². The van der Waals surface area contributed by atoms with Crippen LogP contribution in [0.3, 0.4) is 0 Å². The normalized spacial score (nSPS) is 12.6. The third kappa shape index (κ3) is 53.7. The lowest BCUT2D eigenvalue weighted by atomic mass is 10.1. The first-order valence-corrected chi connectivity index (χ1v) is 28.5.